The van der Waals surface area contributed by atoms with Crippen molar-refractivity contribution in [1.29, 1.82) is 0 Å². The lowest BCUT2D eigenvalue weighted by Gasteiger charge is -2.09. The number of methoxy groups -OCH3 is 1. The van der Waals surface area contributed by atoms with E-state index in [1.165, 1.54) is 18.2 Å². The van der Waals surface area contributed by atoms with Crippen LogP contribution in [0.3, 0.4) is 0 Å². The van der Waals surface area contributed by atoms with Gasteiger partial charge in [0.2, 0.25) is 5.91 Å². The van der Waals surface area contributed by atoms with Gasteiger partial charge in [0, 0.05) is 24.6 Å². The normalized spacial score (nSPS) is 12.5. The number of carbonyl (C=O) groups excluding carboxylic acids is 1. The van der Waals surface area contributed by atoms with Gasteiger partial charge in [-0.05, 0) is 43.5 Å². The van der Waals surface area contributed by atoms with Crippen molar-refractivity contribution < 1.29 is 19.1 Å². The first-order valence-corrected chi connectivity index (χ1v) is 7.42. The smallest absolute Gasteiger partial charge is 0.224 e. The van der Waals surface area contributed by atoms with Gasteiger partial charge in [-0.2, -0.15) is 0 Å². The van der Waals surface area contributed by atoms with Crippen molar-refractivity contribution >= 4 is 16.9 Å². The number of hydrogen-bond acceptors (Lipinski definition) is 4. The lowest BCUT2D eigenvalue weighted by molar-refractivity contribution is -0.120. The molecule has 1 atom stereocenters. The fourth-order valence-electron chi connectivity index (χ4n) is 2.36. The van der Waals surface area contributed by atoms with E-state index in [1.54, 1.807) is 6.26 Å². The van der Waals surface area contributed by atoms with E-state index in [-0.39, 0.29) is 18.9 Å². The summed E-state index contributed by atoms with van der Waals surface area (Å²) in [7, 11) is 1.54. The molecule has 1 amide bonds. The maximum Gasteiger partial charge on any atom is 0.224 e. The molecule has 1 aromatic heterocycles. The molecule has 120 valence electrons. The average molecular weight is 305 g/mol. The highest BCUT2D eigenvalue weighted by Crippen LogP contribution is 2.25. The van der Waals surface area contributed by atoms with E-state index in [1.807, 2.05) is 19.9 Å². The minimum atomic E-state index is -0.550. The van der Waals surface area contributed by atoms with Crippen LogP contribution in [0.4, 0.5) is 0 Å². The number of benzene rings is 1. The number of ether oxygens (including phenoxy) is 1. The summed E-state index contributed by atoms with van der Waals surface area (Å²) in [5.74, 6) is -0.0782. The van der Waals surface area contributed by atoms with Gasteiger partial charge in [-0.15, -0.1) is 0 Å². The third-order valence-electron chi connectivity index (χ3n) is 3.78. The summed E-state index contributed by atoms with van der Waals surface area (Å²) in [5, 5.41) is 13.3. The second kappa shape index (κ2) is 7.42. The Hall–Kier alpha value is -1.85. The molecule has 1 unspecified atom stereocenters. The number of amides is 1. The largest absolute Gasteiger partial charge is 0.464 e. The van der Waals surface area contributed by atoms with Crippen molar-refractivity contribution in [2.24, 2.45) is 0 Å². The molecule has 5 nitrogen and oxygen atoms in total. The molecule has 0 bridgehead atoms. The molecule has 0 radical (unpaired) electrons. The SMILES string of the molecule is COCC(O)CCNC(=O)Cc1coc2cc(C)c(C)cc12. The number of carbonyl (C=O) groups is 1. The highest BCUT2D eigenvalue weighted by atomic mass is 16.5. The van der Waals surface area contributed by atoms with Gasteiger partial charge in [-0.3, -0.25) is 4.79 Å². The van der Waals surface area contributed by atoms with Crippen LogP contribution in [0.15, 0.2) is 22.8 Å². The number of fused-ring (bicyclic) bond motifs is 1. The molecule has 0 aliphatic carbocycles. The highest BCUT2D eigenvalue weighted by molar-refractivity contribution is 5.88. The maximum atomic E-state index is 12.0. The fraction of sp³-hybridized carbons (Fsp3) is 0.471. The van der Waals surface area contributed by atoms with Gasteiger partial charge >= 0.3 is 0 Å². The predicted octanol–water partition coefficient (Wildman–Crippen LogP) is 2.11. The van der Waals surface area contributed by atoms with Crippen LogP contribution in [-0.2, 0) is 16.0 Å². The van der Waals surface area contributed by atoms with Crippen molar-refractivity contribution in [3.05, 3.63) is 35.1 Å². The van der Waals surface area contributed by atoms with Crippen LogP contribution in [0.1, 0.15) is 23.1 Å². The van der Waals surface area contributed by atoms with Gasteiger partial charge in [-0.25, -0.2) is 0 Å². The number of rotatable bonds is 7. The summed E-state index contributed by atoms with van der Waals surface area (Å²) in [6.45, 7) is 4.79. The second-order valence-electron chi connectivity index (χ2n) is 5.62. The van der Waals surface area contributed by atoms with Gasteiger partial charge in [-0.1, -0.05) is 0 Å². The Morgan fingerprint density at radius 2 is 2.09 bits per heavy atom. The molecular weight excluding hydrogens is 282 g/mol. The highest BCUT2D eigenvalue weighted by Gasteiger charge is 2.12. The van der Waals surface area contributed by atoms with Crippen LogP contribution in [0, 0.1) is 13.8 Å². The summed E-state index contributed by atoms with van der Waals surface area (Å²) in [6.07, 6.45) is 1.84. The summed E-state index contributed by atoms with van der Waals surface area (Å²) in [5.41, 5.74) is 4.04. The Morgan fingerprint density at radius 1 is 1.36 bits per heavy atom. The first kappa shape index (κ1) is 16.5. The molecule has 22 heavy (non-hydrogen) atoms. The Labute approximate surface area is 130 Å². The third-order valence-corrected chi connectivity index (χ3v) is 3.78. The van der Waals surface area contributed by atoms with Crippen molar-refractivity contribution in [3.8, 4) is 0 Å². The van der Waals surface area contributed by atoms with Gasteiger partial charge in [0.05, 0.1) is 25.4 Å². The zero-order chi connectivity index (χ0) is 16.1. The van der Waals surface area contributed by atoms with Crippen LogP contribution in [-0.4, -0.2) is 37.4 Å². The Bertz CT molecular complexity index is 647. The quantitative estimate of drug-likeness (QED) is 0.822. The zero-order valence-corrected chi connectivity index (χ0v) is 13.3. The fourth-order valence-corrected chi connectivity index (χ4v) is 2.36. The standard InChI is InChI=1S/C17H23NO4/c1-11-6-15-13(9-22-16(15)7-12(11)2)8-17(20)18-5-4-14(19)10-21-3/h6-7,9,14,19H,4-5,8,10H2,1-3H3,(H,18,20). The number of hydrogen-bond donors (Lipinski definition) is 2. The van der Waals surface area contributed by atoms with Crippen LogP contribution in [0.5, 0.6) is 0 Å². The van der Waals surface area contributed by atoms with Gasteiger partial charge < -0.3 is 19.6 Å². The van der Waals surface area contributed by atoms with Crippen LogP contribution >= 0.6 is 0 Å². The van der Waals surface area contributed by atoms with E-state index in [0.29, 0.717) is 13.0 Å². The van der Waals surface area contributed by atoms with E-state index in [2.05, 4.69) is 11.4 Å². The Balaban J connectivity index is 1.93. The second-order valence-corrected chi connectivity index (χ2v) is 5.62. The third kappa shape index (κ3) is 4.08. The summed E-state index contributed by atoms with van der Waals surface area (Å²) < 4.78 is 10.4. The molecular formula is C17H23NO4. The molecule has 0 saturated heterocycles. The number of furan rings is 1. The molecule has 5 heteroatoms. The maximum absolute atomic E-state index is 12.0. The van der Waals surface area contributed by atoms with E-state index in [4.69, 9.17) is 9.15 Å². The van der Waals surface area contributed by atoms with Crippen LogP contribution < -0.4 is 5.32 Å². The predicted molar refractivity (Wildman–Crippen MR) is 84.9 cm³/mol. The van der Waals surface area contributed by atoms with Crippen molar-refractivity contribution in [2.75, 3.05) is 20.3 Å². The van der Waals surface area contributed by atoms with Crippen LogP contribution in [0.2, 0.25) is 0 Å². The number of aryl methyl sites for hydroxylation is 2. The number of nitrogens with one attached hydrogen (secondary N) is 1. The van der Waals surface area contributed by atoms with E-state index < -0.39 is 6.10 Å². The van der Waals surface area contributed by atoms with E-state index in [0.717, 1.165) is 16.5 Å². The average Bonchev–Trinajstić information content (AvgIpc) is 2.82. The summed E-state index contributed by atoms with van der Waals surface area (Å²) >= 11 is 0. The van der Waals surface area contributed by atoms with E-state index >= 15 is 0 Å². The van der Waals surface area contributed by atoms with Crippen molar-refractivity contribution in [1.82, 2.24) is 5.32 Å². The number of aliphatic hydroxyl groups is 1. The topological polar surface area (TPSA) is 71.7 Å². The lowest BCUT2D eigenvalue weighted by atomic mass is 10.0. The molecule has 0 spiro atoms. The molecule has 1 aromatic carbocycles. The van der Waals surface area contributed by atoms with Crippen LogP contribution in [0.25, 0.3) is 11.0 Å². The van der Waals surface area contributed by atoms with Gasteiger partial charge in [0.15, 0.2) is 0 Å². The van der Waals surface area contributed by atoms with E-state index in [9.17, 15) is 9.90 Å². The van der Waals surface area contributed by atoms with Gasteiger partial charge in [0.25, 0.3) is 0 Å². The minimum absolute atomic E-state index is 0.0782. The lowest BCUT2D eigenvalue weighted by Crippen LogP contribution is -2.29. The molecule has 0 aliphatic heterocycles. The monoisotopic (exact) mass is 305 g/mol. The molecule has 2 rings (SSSR count). The molecule has 1 heterocycles. The zero-order valence-electron chi connectivity index (χ0n) is 13.3. The minimum Gasteiger partial charge on any atom is -0.464 e. The molecule has 0 aliphatic rings. The summed E-state index contributed by atoms with van der Waals surface area (Å²) in [6, 6.07) is 4.05. The van der Waals surface area contributed by atoms with Crippen molar-refractivity contribution in [2.45, 2.75) is 32.8 Å². The first-order chi connectivity index (χ1) is 10.5. The van der Waals surface area contributed by atoms with Crippen molar-refractivity contribution in [3.63, 3.8) is 0 Å². The molecule has 0 saturated carbocycles. The Morgan fingerprint density at radius 3 is 2.82 bits per heavy atom. The molecule has 0 fully saturated rings. The molecule has 2 N–H and O–H groups in total. The molecule has 2 aromatic rings. The van der Waals surface area contributed by atoms with Gasteiger partial charge in [0.1, 0.15) is 5.58 Å². The summed E-state index contributed by atoms with van der Waals surface area (Å²) in [4.78, 5) is 12.0. The Kier molecular flexibility index (Phi) is 5.57. The number of aliphatic hydroxyl groups excluding tert-OH is 1. The first-order valence-electron chi connectivity index (χ1n) is 7.42.